The van der Waals surface area contributed by atoms with Crippen LogP contribution >= 0.6 is 0 Å². The van der Waals surface area contributed by atoms with Crippen molar-refractivity contribution in [3.8, 4) is 11.5 Å². The van der Waals surface area contributed by atoms with Gasteiger partial charge in [-0.2, -0.15) is 0 Å². The molecule has 0 saturated heterocycles. The number of phenols is 1. The maximum Gasteiger partial charge on any atom is 0.167 e. The maximum absolute atomic E-state index is 9.09. The highest BCUT2D eigenvalue weighted by Crippen LogP contribution is 2.34. The Morgan fingerprint density at radius 2 is 2.36 bits per heavy atom. The number of phenolic OH excluding ortho intramolecular Hbond substituents is 1. The summed E-state index contributed by atoms with van der Waals surface area (Å²) in [5.74, 6) is 1.06. The van der Waals surface area contributed by atoms with Crippen LogP contribution < -0.4 is 10.1 Å². The van der Waals surface area contributed by atoms with E-state index in [1.807, 2.05) is 6.92 Å². The lowest BCUT2D eigenvalue weighted by atomic mass is 10.3. The fourth-order valence-electron chi connectivity index (χ4n) is 1.17. The molecule has 0 aromatic heterocycles. The second kappa shape index (κ2) is 2.05. The van der Waals surface area contributed by atoms with Crippen molar-refractivity contribution in [2.24, 2.45) is 0 Å². The number of anilines is 1. The minimum absolute atomic E-state index is 0.00630. The molecule has 2 rings (SSSR count). The molecule has 58 valence electrons. The molecule has 3 nitrogen and oxygen atoms in total. The van der Waals surface area contributed by atoms with Crippen molar-refractivity contribution in [2.75, 3.05) is 5.32 Å². The van der Waals surface area contributed by atoms with Gasteiger partial charge in [-0.3, -0.25) is 0 Å². The Morgan fingerprint density at radius 3 is 3.18 bits per heavy atom. The zero-order valence-electron chi connectivity index (χ0n) is 6.16. The van der Waals surface area contributed by atoms with Gasteiger partial charge in [-0.15, -0.1) is 0 Å². The van der Waals surface area contributed by atoms with E-state index in [2.05, 4.69) is 5.32 Å². The molecule has 1 heterocycles. The smallest absolute Gasteiger partial charge is 0.167 e. The van der Waals surface area contributed by atoms with Gasteiger partial charge in [0.2, 0.25) is 0 Å². The van der Waals surface area contributed by atoms with Gasteiger partial charge in [0.15, 0.2) is 6.23 Å². The van der Waals surface area contributed by atoms with E-state index in [9.17, 15) is 0 Å². The molecule has 0 spiro atoms. The molecule has 2 N–H and O–H groups in total. The van der Waals surface area contributed by atoms with Gasteiger partial charge >= 0.3 is 0 Å². The van der Waals surface area contributed by atoms with E-state index < -0.39 is 0 Å². The first-order valence-corrected chi connectivity index (χ1v) is 3.52. The van der Waals surface area contributed by atoms with Crippen LogP contribution in [-0.2, 0) is 0 Å². The normalized spacial score (nSPS) is 20.3. The average molecular weight is 151 g/mol. The molecule has 0 aliphatic carbocycles. The van der Waals surface area contributed by atoms with Crippen LogP contribution in [0.2, 0.25) is 0 Å². The van der Waals surface area contributed by atoms with Crippen molar-refractivity contribution in [2.45, 2.75) is 13.2 Å². The van der Waals surface area contributed by atoms with Gasteiger partial charge in [0.25, 0.3) is 0 Å². The molecule has 1 atom stereocenters. The van der Waals surface area contributed by atoms with Crippen LogP contribution in [-0.4, -0.2) is 11.3 Å². The van der Waals surface area contributed by atoms with E-state index in [-0.39, 0.29) is 12.0 Å². The van der Waals surface area contributed by atoms with Gasteiger partial charge in [-0.25, -0.2) is 0 Å². The van der Waals surface area contributed by atoms with E-state index in [4.69, 9.17) is 9.84 Å². The van der Waals surface area contributed by atoms with Crippen molar-refractivity contribution in [1.29, 1.82) is 0 Å². The van der Waals surface area contributed by atoms with Crippen LogP contribution in [0.3, 0.4) is 0 Å². The molecule has 1 aromatic rings. The summed E-state index contributed by atoms with van der Waals surface area (Å²) in [7, 11) is 0. The molecular weight excluding hydrogens is 142 g/mol. The molecule has 3 heteroatoms. The Morgan fingerprint density at radius 1 is 1.55 bits per heavy atom. The van der Waals surface area contributed by atoms with Gasteiger partial charge < -0.3 is 15.2 Å². The van der Waals surface area contributed by atoms with Crippen LogP contribution in [0.25, 0.3) is 0 Å². The lowest BCUT2D eigenvalue weighted by Gasteiger charge is -2.00. The van der Waals surface area contributed by atoms with E-state index >= 15 is 0 Å². The van der Waals surface area contributed by atoms with Crippen LogP contribution in [0.1, 0.15) is 6.92 Å². The quantitative estimate of drug-likeness (QED) is 0.591. The maximum atomic E-state index is 9.09. The van der Waals surface area contributed by atoms with E-state index in [1.54, 1.807) is 18.2 Å². The third-order valence-corrected chi connectivity index (χ3v) is 1.63. The largest absolute Gasteiger partial charge is 0.508 e. The van der Waals surface area contributed by atoms with Crippen molar-refractivity contribution >= 4 is 5.69 Å². The summed E-state index contributed by atoms with van der Waals surface area (Å²) in [5.41, 5.74) is 0.859. The van der Waals surface area contributed by atoms with Crippen LogP contribution in [0.4, 0.5) is 5.69 Å². The Bertz CT molecular complexity index is 285. The number of rotatable bonds is 0. The lowest BCUT2D eigenvalue weighted by molar-refractivity contribution is 0.274. The fraction of sp³-hybridized carbons (Fsp3) is 0.250. The summed E-state index contributed by atoms with van der Waals surface area (Å²) in [6.07, 6.45) is 0.00630. The first-order valence-electron chi connectivity index (χ1n) is 3.52. The van der Waals surface area contributed by atoms with Gasteiger partial charge in [0.05, 0.1) is 5.69 Å². The summed E-state index contributed by atoms with van der Waals surface area (Å²) in [4.78, 5) is 0. The van der Waals surface area contributed by atoms with Crippen molar-refractivity contribution in [1.82, 2.24) is 0 Å². The van der Waals surface area contributed by atoms with Crippen molar-refractivity contribution in [3.63, 3.8) is 0 Å². The van der Waals surface area contributed by atoms with Gasteiger partial charge in [0.1, 0.15) is 11.5 Å². The number of hydrogen-bond acceptors (Lipinski definition) is 3. The molecular formula is C8H9NO2. The van der Waals surface area contributed by atoms with Crippen LogP contribution in [0.5, 0.6) is 11.5 Å². The summed E-state index contributed by atoms with van der Waals surface area (Å²) in [6, 6.07) is 5.01. The lowest BCUT2D eigenvalue weighted by Crippen LogP contribution is -2.13. The zero-order chi connectivity index (χ0) is 7.84. The number of nitrogens with one attached hydrogen (secondary N) is 1. The van der Waals surface area contributed by atoms with Gasteiger partial charge in [-0.1, -0.05) is 0 Å². The average Bonchev–Trinajstić information content (AvgIpc) is 2.27. The minimum Gasteiger partial charge on any atom is -0.508 e. The first-order chi connectivity index (χ1) is 5.25. The third-order valence-electron chi connectivity index (χ3n) is 1.63. The molecule has 11 heavy (non-hydrogen) atoms. The molecule has 0 amide bonds. The molecule has 0 fully saturated rings. The Kier molecular flexibility index (Phi) is 1.18. The van der Waals surface area contributed by atoms with Gasteiger partial charge in [0, 0.05) is 6.07 Å². The van der Waals surface area contributed by atoms with Crippen LogP contribution in [0.15, 0.2) is 18.2 Å². The standard InChI is InChI=1S/C8H9NO2/c1-5-9-7-4-6(10)2-3-8(7)11-5/h2-5,9-10H,1H3. The monoisotopic (exact) mass is 151 g/mol. The summed E-state index contributed by atoms with van der Waals surface area (Å²) >= 11 is 0. The molecule has 1 aromatic carbocycles. The van der Waals surface area contributed by atoms with E-state index in [0.29, 0.717) is 0 Å². The highest BCUT2D eigenvalue weighted by Gasteiger charge is 2.16. The number of hydrogen-bond donors (Lipinski definition) is 2. The van der Waals surface area contributed by atoms with E-state index in [0.717, 1.165) is 11.4 Å². The number of benzene rings is 1. The summed E-state index contributed by atoms with van der Waals surface area (Å²) < 4.78 is 5.34. The molecule has 0 radical (unpaired) electrons. The zero-order valence-corrected chi connectivity index (χ0v) is 6.16. The highest BCUT2D eigenvalue weighted by atomic mass is 16.5. The van der Waals surface area contributed by atoms with Gasteiger partial charge in [-0.05, 0) is 19.1 Å². The topological polar surface area (TPSA) is 41.5 Å². The predicted molar refractivity (Wildman–Crippen MR) is 41.8 cm³/mol. The van der Waals surface area contributed by atoms with Crippen molar-refractivity contribution < 1.29 is 9.84 Å². The third kappa shape index (κ3) is 0.981. The SMILES string of the molecule is CC1Nc2cc(O)ccc2O1. The number of aromatic hydroxyl groups is 1. The Hall–Kier alpha value is -1.38. The molecule has 1 aliphatic rings. The molecule has 1 aliphatic heterocycles. The van der Waals surface area contributed by atoms with Crippen LogP contribution in [0, 0.1) is 0 Å². The molecule has 0 saturated carbocycles. The second-order valence-electron chi connectivity index (χ2n) is 2.58. The number of ether oxygens (including phenoxy) is 1. The summed E-state index contributed by atoms with van der Waals surface area (Å²) in [6.45, 7) is 1.91. The fourth-order valence-corrected chi connectivity index (χ4v) is 1.17. The minimum atomic E-state index is 0.00630. The second-order valence-corrected chi connectivity index (χ2v) is 2.58. The number of fused-ring (bicyclic) bond motifs is 1. The molecule has 0 bridgehead atoms. The van der Waals surface area contributed by atoms with Crippen molar-refractivity contribution in [3.05, 3.63) is 18.2 Å². The summed E-state index contributed by atoms with van der Waals surface area (Å²) in [5, 5.41) is 12.1. The Balaban J connectivity index is 2.43. The van der Waals surface area contributed by atoms with E-state index in [1.165, 1.54) is 0 Å². The first kappa shape index (κ1) is 6.34. The Labute approximate surface area is 64.6 Å². The predicted octanol–water partition coefficient (Wildman–Crippen LogP) is 1.54. The molecule has 1 unspecified atom stereocenters. The highest BCUT2D eigenvalue weighted by molar-refractivity contribution is 5.62.